The van der Waals surface area contributed by atoms with Gasteiger partial charge in [0.25, 0.3) is 0 Å². The van der Waals surface area contributed by atoms with Gasteiger partial charge in [0.15, 0.2) is 0 Å². The predicted molar refractivity (Wildman–Crippen MR) is 76.9 cm³/mol. The van der Waals surface area contributed by atoms with Crippen LogP contribution in [-0.2, 0) is 17.8 Å². The van der Waals surface area contributed by atoms with E-state index in [1.807, 2.05) is 10.9 Å². The first-order valence-corrected chi connectivity index (χ1v) is 7.12. The molecule has 0 saturated carbocycles. The zero-order valence-electron chi connectivity index (χ0n) is 10.8. The second-order valence-electron chi connectivity index (χ2n) is 4.61. The molecule has 1 aromatic heterocycles. The van der Waals surface area contributed by atoms with E-state index < -0.39 is 0 Å². The molecule has 2 aromatic rings. The fraction of sp³-hybridized carbons (Fsp3) is 0.357. The Morgan fingerprint density at radius 3 is 3.16 bits per heavy atom. The van der Waals surface area contributed by atoms with E-state index >= 15 is 0 Å². The second kappa shape index (κ2) is 5.45. The van der Waals surface area contributed by atoms with Crippen molar-refractivity contribution in [3.63, 3.8) is 0 Å². The van der Waals surface area contributed by atoms with Crippen LogP contribution in [0.1, 0.15) is 22.9 Å². The third-order valence-electron chi connectivity index (χ3n) is 3.48. The van der Waals surface area contributed by atoms with E-state index in [-0.39, 0.29) is 6.04 Å². The number of rotatable bonds is 4. The van der Waals surface area contributed by atoms with Crippen LogP contribution in [0.4, 0.5) is 0 Å². The highest BCUT2D eigenvalue weighted by Gasteiger charge is 2.27. The molecule has 0 spiro atoms. The van der Waals surface area contributed by atoms with Crippen LogP contribution in [0.15, 0.2) is 34.9 Å². The molecular formula is C14H16BrN3O. The molecule has 1 unspecified atom stereocenters. The summed E-state index contributed by atoms with van der Waals surface area (Å²) in [4.78, 5) is 0. The van der Waals surface area contributed by atoms with Crippen molar-refractivity contribution in [1.29, 1.82) is 0 Å². The highest BCUT2D eigenvalue weighted by molar-refractivity contribution is 9.10. The van der Waals surface area contributed by atoms with Crippen LogP contribution in [0.5, 0.6) is 0 Å². The summed E-state index contributed by atoms with van der Waals surface area (Å²) < 4.78 is 8.19. The van der Waals surface area contributed by atoms with Crippen molar-refractivity contribution in [3.05, 3.63) is 51.8 Å². The standard InChI is InChI=1S/C14H16BrN3O/c1-19-7-6-18-14(12(15)9-17-18)13-11-5-3-2-4-10(11)8-16-13/h2-5,9,13,16H,6-8H2,1H3. The quantitative estimate of drug-likeness (QED) is 0.940. The number of aromatic nitrogens is 2. The van der Waals surface area contributed by atoms with Gasteiger partial charge < -0.3 is 10.1 Å². The summed E-state index contributed by atoms with van der Waals surface area (Å²) in [7, 11) is 1.71. The Morgan fingerprint density at radius 2 is 2.32 bits per heavy atom. The number of nitrogens with zero attached hydrogens (tertiary/aromatic N) is 2. The van der Waals surface area contributed by atoms with Gasteiger partial charge in [-0.2, -0.15) is 5.10 Å². The Bertz CT molecular complexity index is 582. The number of ether oxygens (including phenoxy) is 1. The molecule has 100 valence electrons. The van der Waals surface area contributed by atoms with Gasteiger partial charge in [-0.1, -0.05) is 24.3 Å². The number of hydrogen-bond donors (Lipinski definition) is 1. The highest BCUT2D eigenvalue weighted by Crippen LogP contribution is 2.34. The number of halogens is 1. The molecule has 19 heavy (non-hydrogen) atoms. The lowest BCUT2D eigenvalue weighted by Gasteiger charge is -2.15. The largest absolute Gasteiger partial charge is 0.383 e. The Balaban J connectivity index is 1.97. The van der Waals surface area contributed by atoms with Gasteiger partial charge in [0.1, 0.15) is 0 Å². The lowest BCUT2D eigenvalue weighted by Crippen LogP contribution is -2.20. The molecule has 0 saturated heterocycles. The molecule has 5 heteroatoms. The van der Waals surface area contributed by atoms with Crippen LogP contribution in [0, 0.1) is 0 Å². The molecule has 0 bridgehead atoms. The maximum absolute atomic E-state index is 5.15. The summed E-state index contributed by atoms with van der Waals surface area (Å²) >= 11 is 3.61. The van der Waals surface area contributed by atoms with Gasteiger partial charge in [0, 0.05) is 13.7 Å². The zero-order valence-corrected chi connectivity index (χ0v) is 12.4. The summed E-state index contributed by atoms with van der Waals surface area (Å²) in [6, 6.07) is 8.72. The van der Waals surface area contributed by atoms with Crippen molar-refractivity contribution in [3.8, 4) is 0 Å². The van der Waals surface area contributed by atoms with Crippen LogP contribution < -0.4 is 5.32 Å². The SMILES string of the molecule is COCCn1ncc(Br)c1C1NCc2ccccc21. The van der Waals surface area contributed by atoms with Gasteiger partial charge in [-0.05, 0) is 27.1 Å². The fourth-order valence-corrected chi connectivity index (χ4v) is 3.08. The molecule has 0 fully saturated rings. The molecule has 1 aliphatic heterocycles. The molecule has 1 N–H and O–H groups in total. The Kier molecular flexibility index (Phi) is 3.68. The van der Waals surface area contributed by atoms with Crippen molar-refractivity contribution in [2.24, 2.45) is 0 Å². The zero-order chi connectivity index (χ0) is 13.2. The summed E-state index contributed by atoms with van der Waals surface area (Å²) in [5.74, 6) is 0. The predicted octanol–water partition coefficient (Wildman–Crippen LogP) is 2.48. The number of methoxy groups -OCH3 is 1. The molecule has 0 radical (unpaired) electrons. The monoisotopic (exact) mass is 321 g/mol. The summed E-state index contributed by atoms with van der Waals surface area (Å²) in [6.45, 7) is 2.33. The van der Waals surface area contributed by atoms with Crippen LogP contribution in [-0.4, -0.2) is 23.5 Å². The minimum absolute atomic E-state index is 0.199. The van der Waals surface area contributed by atoms with Crippen molar-refractivity contribution in [2.75, 3.05) is 13.7 Å². The third kappa shape index (κ3) is 2.33. The molecule has 1 atom stereocenters. The molecule has 3 rings (SSSR count). The molecule has 1 aromatic carbocycles. The summed E-state index contributed by atoms with van der Waals surface area (Å²) in [5.41, 5.74) is 3.86. The number of hydrogen-bond acceptors (Lipinski definition) is 3. The van der Waals surface area contributed by atoms with Crippen LogP contribution in [0.2, 0.25) is 0 Å². The van der Waals surface area contributed by atoms with E-state index in [4.69, 9.17) is 4.74 Å². The Morgan fingerprint density at radius 1 is 1.47 bits per heavy atom. The Labute approximate surface area is 120 Å². The van der Waals surface area contributed by atoms with Crippen LogP contribution >= 0.6 is 15.9 Å². The molecule has 2 heterocycles. The first-order valence-electron chi connectivity index (χ1n) is 6.32. The van der Waals surface area contributed by atoms with Gasteiger partial charge in [0.2, 0.25) is 0 Å². The second-order valence-corrected chi connectivity index (χ2v) is 5.46. The minimum atomic E-state index is 0.199. The smallest absolute Gasteiger partial charge is 0.0765 e. The average Bonchev–Trinajstić information content (AvgIpc) is 3.00. The molecule has 0 aliphatic carbocycles. The van der Waals surface area contributed by atoms with Crippen LogP contribution in [0.3, 0.4) is 0 Å². The fourth-order valence-electron chi connectivity index (χ4n) is 2.56. The van der Waals surface area contributed by atoms with E-state index in [1.165, 1.54) is 16.8 Å². The molecular weight excluding hydrogens is 306 g/mol. The number of fused-ring (bicyclic) bond motifs is 1. The van der Waals surface area contributed by atoms with E-state index in [0.29, 0.717) is 6.61 Å². The van der Waals surface area contributed by atoms with E-state index in [0.717, 1.165) is 17.6 Å². The minimum Gasteiger partial charge on any atom is -0.383 e. The van der Waals surface area contributed by atoms with Gasteiger partial charge in [-0.15, -0.1) is 0 Å². The summed E-state index contributed by atoms with van der Waals surface area (Å²) in [6.07, 6.45) is 1.85. The highest BCUT2D eigenvalue weighted by atomic mass is 79.9. The van der Waals surface area contributed by atoms with Gasteiger partial charge in [-0.3, -0.25) is 4.68 Å². The van der Waals surface area contributed by atoms with Gasteiger partial charge >= 0.3 is 0 Å². The molecule has 4 nitrogen and oxygen atoms in total. The molecule has 1 aliphatic rings. The summed E-state index contributed by atoms with van der Waals surface area (Å²) in [5, 5.41) is 7.97. The van der Waals surface area contributed by atoms with Crippen molar-refractivity contribution in [1.82, 2.24) is 15.1 Å². The maximum atomic E-state index is 5.15. The van der Waals surface area contributed by atoms with Gasteiger partial charge in [0.05, 0.1) is 35.6 Å². The Hall–Kier alpha value is -1.17. The van der Waals surface area contributed by atoms with Gasteiger partial charge in [-0.25, -0.2) is 0 Å². The molecule has 0 amide bonds. The van der Waals surface area contributed by atoms with Crippen molar-refractivity contribution >= 4 is 15.9 Å². The average molecular weight is 322 g/mol. The lowest BCUT2D eigenvalue weighted by atomic mass is 10.0. The van der Waals surface area contributed by atoms with E-state index in [9.17, 15) is 0 Å². The number of benzene rings is 1. The normalized spacial score (nSPS) is 17.7. The van der Waals surface area contributed by atoms with Crippen molar-refractivity contribution < 1.29 is 4.74 Å². The maximum Gasteiger partial charge on any atom is 0.0765 e. The van der Waals surface area contributed by atoms with E-state index in [1.54, 1.807) is 7.11 Å². The first-order chi connectivity index (χ1) is 9.31. The first kappa shape index (κ1) is 12.8. The van der Waals surface area contributed by atoms with Crippen LogP contribution in [0.25, 0.3) is 0 Å². The van der Waals surface area contributed by atoms with Crippen molar-refractivity contribution in [2.45, 2.75) is 19.1 Å². The topological polar surface area (TPSA) is 39.1 Å². The third-order valence-corrected chi connectivity index (χ3v) is 4.09. The van der Waals surface area contributed by atoms with E-state index in [2.05, 4.69) is 50.6 Å². The number of nitrogens with one attached hydrogen (secondary N) is 1. The lowest BCUT2D eigenvalue weighted by molar-refractivity contribution is 0.182.